The molecule has 86 valence electrons. The molecule has 0 amide bonds. The maximum Gasteiger partial charge on any atom is 0.415 e. The van der Waals surface area contributed by atoms with Crippen molar-refractivity contribution in [3.63, 3.8) is 0 Å². The van der Waals surface area contributed by atoms with Gasteiger partial charge < -0.3 is 4.74 Å². The highest BCUT2D eigenvalue weighted by Gasteiger charge is 2.22. The van der Waals surface area contributed by atoms with Crippen LogP contribution in [0.1, 0.15) is 0 Å². The van der Waals surface area contributed by atoms with Crippen molar-refractivity contribution in [1.82, 2.24) is 0 Å². The van der Waals surface area contributed by atoms with Gasteiger partial charge in [0, 0.05) is 0 Å². The second-order valence-corrected chi connectivity index (χ2v) is 5.09. The molecule has 0 aliphatic heterocycles. The van der Waals surface area contributed by atoms with Gasteiger partial charge in [-0.3, -0.25) is 0 Å². The summed E-state index contributed by atoms with van der Waals surface area (Å²) in [6.07, 6.45) is 0. The minimum Gasteiger partial charge on any atom is -0.497 e. The van der Waals surface area contributed by atoms with Crippen molar-refractivity contribution in [2.24, 2.45) is 0 Å². The van der Waals surface area contributed by atoms with Crippen LogP contribution in [0.2, 0.25) is 0 Å². The molecule has 0 spiro atoms. The Kier molecular flexibility index (Phi) is 3.50. The number of rotatable bonds is 3. The van der Waals surface area contributed by atoms with Gasteiger partial charge in [-0.05, 0) is 48.5 Å². The first kappa shape index (κ1) is 11.7. The highest BCUT2D eigenvalue weighted by atomic mass is 31.1. The molecule has 0 fully saturated rings. The molecule has 0 aromatic heterocycles. The molecule has 4 heteroatoms. The third-order valence-electron chi connectivity index (χ3n) is 2.37. The lowest BCUT2D eigenvalue weighted by molar-refractivity contribution is 0.415. The van der Waals surface area contributed by atoms with Crippen LogP contribution >= 0.6 is 7.80 Å². The largest absolute Gasteiger partial charge is 0.497 e. The van der Waals surface area contributed by atoms with Crippen molar-refractivity contribution in [1.29, 1.82) is 0 Å². The number of hydrogen-bond donors (Lipinski definition) is 0. The van der Waals surface area contributed by atoms with E-state index in [4.69, 9.17) is 4.74 Å². The third-order valence-corrected chi connectivity index (χ3v) is 3.90. The van der Waals surface area contributed by atoms with Gasteiger partial charge in [0.25, 0.3) is 0 Å². The predicted molar refractivity (Wildman–Crippen MR) is 66.3 cm³/mol. The zero-order valence-electron chi connectivity index (χ0n) is 9.26. The average Bonchev–Trinajstić information content (AvgIpc) is 2.39. The molecule has 0 N–H and O–H groups in total. The van der Waals surface area contributed by atoms with Crippen LogP contribution in [-0.2, 0) is 4.57 Å². The first-order valence-electron chi connectivity index (χ1n) is 5.07. The molecule has 0 radical (unpaired) electrons. The van der Waals surface area contributed by atoms with Crippen LogP contribution in [0.4, 0.5) is 4.39 Å². The average molecular weight is 249 g/mol. The molecular formula is C13H11FO2P+. The van der Waals surface area contributed by atoms with Crippen molar-refractivity contribution < 1.29 is 13.7 Å². The van der Waals surface area contributed by atoms with Gasteiger partial charge in [0.05, 0.1) is 7.11 Å². The van der Waals surface area contributed by atoms with E-state index in [1.165, 1.54) is 24.3 Å². The van der Waals surface area contributed by atoms with Gasteiger partial charge in [-0.15, -0.1) is 0 Å². The maximum atomic E-state index is 12.7. The van der Waals surface area contributed by atoms with Crippen LogP contribution in [0.5, 0.6) is 5.75 Å². The molecule has 0 saturated heterocycles. The quantitative estimate of drug-likeness (QED) is 0.781. The van der Waals surface area contributed by atoms with Crippen LogP contribution < -0.4 is 15.3 Å². The molecule has 1 unspecified atom stereocenters. The van der Waals surface area contributed by atoms with Gasteiger partial charge in [0.1, 0.15) is 11.6 Å². The summed E-state index contributed by atoms with van der Waals surface area (Å²) < 4.78 is 29.9. The summed E-state index contributed by atoms with van der Waals surface area (Å²) in [7, 11) is -0.0944. The van der Waals surface area contributed by atoms with Gasteiger partial charge in [-0.2, -0.15) is 0 Å². The summed E-state index contributed by atoms with van der Waals surface area (Å²) in [6.45, 7) is 0. The zero-order valence-corrected chi connectivity index (χ0v) is 10.2. The Balaban J connectivity index is 2.27. The Morgan fingerprint density at radius 3 is 1.88 bits per heavy atom. The number of ether oxygens (including phenoxy) is 1. The Morgan fingerprint density at radius 1 is 0.941 bits per heavy atom. The van der Waals surface area contributed by atoms with Crippen LogP contribution in [0, 0.1) is 5.82 Å². The monoisotopic (exact) mass is 249 g/mol. The fraction of sp³-hybridized carbons (Fsp3) is 0.0769. The van der Waals surface area contributed by atoms with E-state index < -0.39 is 7.80 Å². The molecule has 1 atom stereocenters. The van der Waals surface area contributed by atoms with Crippen molar-refractivity contribution >= 4 is 18.4 Å². The van der Waals surface area contributed by atoms with Gasteiger partial charge >= 0.3 is 7.80 Å². The van der Waals surface area contributed by atoms with E-state index >= 15 is 0 Å². The molecule has 2 rings (SSSR count). The first-order valence-corrected chi connectivity index (χ1v) is 6.33. The standard InChI is InChI=1S/C13H11FO2P/c1-16-11-4-8-13(9-5-11)17(15)12-6-2-10(14)3-7-12/h2-9H,1H3/q+1. The van der Waals surface area contributed by atoms with Gasteiger partial charge in [-0.1, -0.05) is 4.57 Å². The topological polar surface area (TPSA) is 26.3 Å². The minimum atomic E-state index is -1.67. The summed E-state index contributed by atoms with van der Waals surface area (Å²) in [5.41, 5.74) is 0. The fourth-order valence-corrected chi connectivity index (χ4v) is 2.58. The van der Waals surface area contributed by atoms with Gasteiger partial charge in [0.15, 0.2) is 10.6 Å². The van der Waals surface area contributed by atoms with Crippen LogP contribution in [-0.4, -0.2) is 7.11 Å². The van der Waals surface area contributed by atoms with Crippen molar-refractivity contribution in [3.05, 3.63) is 54.3 Å². The van der Waals surface area contributed by atoms with Crippen LogP contribution in [0.3, 0.4) is 0 Å². The lowest BCUT2D eigenvalue weighted by Gasteiger charge is -1.96. The summed E-state index contributed by atoms with van der Waals surface area (Å²) in [5.74, 6) is 0.392. The zero-order chi connectivity index (χ0) is 12.3. The smallest absolute Gasteiger partial charge is 0.415 e. The number of methoxy groups -OCH3 is 1. The highest BCUT2D eigenvalue weighted by Crippen LogP contribution is 2.21. The van der Waals surface area contributed by atoms with E-state index in [2.05, 4.69) is 0 Å². The predicted octanol–water partition coefficient (Wildman–Crippen LogP) is 2.61. The fourth-order valence-electron chi connectivity index (χ4n) is 1.44. The van der Waals surface area contributed by atoms with E-state index in [1.807, 2.05) is 0 Å². The molecule has 2 nitrogen and oxygen atoms in total. The SMILES string of the molecule is COc1ccc([P+](=O)c2ccc(F)cc2)cc1. The molecule has 2 aromatic rings. The van der Waals surface area contributed by atoms with Crippen molar-refractivity contribution in [3.8, 4) is 5.75 Å². The number of halogens is 1. The summed E-state index contributed by atoms with van der Waals surface area (Å²) in [6, 6.07) is 12.7. The Hall–Kier alpha value is -1.73. The molecule has 0 bridgehead atoms. The Bertz CT molecular complexity index is 520. The second kappa shape index (κ2) is 5.07. The molecule has 0 aliphatic rings. The van der Waals surface area contributed by atoms with E-state index in [1.54, 1.807) is 31.4 Å². The summed E-state index contributed by atoms with van der Waals surface area (Å²) >= 11 is 0. The Morgan fingerprint density at radius 2 is 1.41 bits per heavy atom. The Labute approximate surface area is 99.8 Å². The van der Waals surface area contributed by atoms with E-state index in [-0.39, 0.29) is 5.82 Å². The summed E-state index contributed by atoms with van der Waals surface area (Å²) in [4.78, 5) is 0. The van der Waals surface area contributed by atoms with E-state index in [9.17, 15) is 8.96 Å². The van der Waals surface area contributed by atoms with Gasteiger partial charge in [0.2, 0.25) is 0 Å². The van der Waals surface area contributed by atoms with E-state index in [0.29, 0.717) is 10.6 Å². The van der Waals surface area contributed by atoms with Crippen LogP contribution in [0.15, 0.2) is 48.5 Å². The minimum absolute atomic E-state index is 0.327. The molecule has 17 heavy (non-hydrogen) atoms. The number of benzene rings is 2. The van der Waals surface area contributed by atoms with Crippen molar-refractivity contribution in [2.75, 3.05) is 7.11 Å². The lowest BCUT2D eigenvalue weighted by atomic mass is 10.3. The molecule has 0 heterocycles. The summed E-state index contributed by atoms with van der Waals surface area (Å²) in [5, 5.41) is 1.32. The number of hydrogen-bond acceptors (Lipinski definition) is 2. The lowest BCUT2D eigenvalue weighted by Crippen LogP contribution is -2.06. The first-order chi connectivity index (χ1) is 8.20. The van der Waals surface area contributed by atoms with Crippen LogP contribution in [0.25, 0.3) is 0 Å². The third kappa shape index (κ3) is 2.69. The van der Waals surface area contributed by atoms with Gasteiger partial charge in [-0.25, -0.2) is 4.39 Å². The highest BCUT2D eigenvalue weighted by molar-refractivity contribution is 7.61. The normalized spacial score (nSPS) is 11.1. The molecule has 0 aliphatic carbocycles. The molecule has 2 aromatic carbocycles. The van der Waals surface area contributed by atoms with E-state index in [0.717, 1.165) is 5.75 Å². The molecular weight excluding hydrogens is 238 g/mol. The molecule has 0 saturated carbocycles. The second-order valence-electron chi connectivity index (χ2n) is 3.47. The maximum absolute atomic E-state index is 12.7. The van der Waals surface area contributed by atoms with Crippen molar-refractivity contribution in [2.45, 2.75) is 0 Å².